The number of carbonyl (C=O) groups excluding carboxylic acids is 2. The number of alkyl halides is 3. The summed E-state index contributed by atoms with van der Waals surface area (Å²) in [5, 5.41) is 2.58. The van der Waals surface area contributed by atoms with Crippen LogP contribution in [0.5, 0.6) is 11.5 Å². The third kappa shape index (κ3) is 7.74. The van der Waals surface area contributed by atoms with Gasteiger partial charge in [0.15, 0.2) is 0 Å². The van der Waals surface area contributed by atoms with E-state index in [1.165, 1.54) is 18.9 Å². The summed E-state index contributed by atoms with van der Waals surface area (Å²) >= 11 is 24.8. The van der Waals surface area contributed by atoms with E-state index in [-0.39, 0.29) is 5.91 Å². The van der Waals surface area contributed by atoms with Gasteiger partial charge in [-0.2, -0.15) is 0 Å². The van der Waals surface area contributed by atoms with Gasteiger partial charge in [0.2, 0.25) is 10.0 Å². The zero-order valence-corrected chi connectivity index (χ0v) is 23.2. The molecule has 1 N–H and O–H groups in total. The van der Waals surface area contributed by atoms with Crippen molar-refractivity contribution in [3.63, 3.8) is 0 Å². The van der Waals surface area contributed by atoms with Crippen LogP contribution in [0.1, 0.15) is 22.3 Å². The lowest BCUT2D eigenvalue weighted by Crippen LogP contribution is -2.47. The second-order valence-corrected chi connectivity index (χ2v) is 11.5. The number of halogens is 3. The summed E-state index contributed by atoms with van der Waals surface area (Å²) < 4.78 is 14.5. The Morgan fingerprint density at radius 3 is 2.33 bits per heavy atom. The summed E-state index contributed by atoms with van der Waals surface area (Å²) in [4.78, 5) is 27.4. The van der Waals surface area contributed by atoms with Crippen molar-refractivity contribution in [2.75, 3.05) is 27.4 Å². The molecule has 0 aromatic heterocycles. The molecule has 36 heavy (non-hydrogen) atoms. The van der Waals surface area contributed by atoms with E-state index in [2.05, 4.69) is 5.32 Å². The second-order valence-electron chi connectivity index (χ2n) is 7.49. The predicted molar refractivity (Wildman–Crippen MR) is 148 cm³/mol. The average molecular weight is 590 g/mol. The fourth-order valence-electron chi connectivity index (χ4n) is 3.11. The van der Waals surface area contributed by atoms with Gasteiger partial charge in [-0.3, -0.25) is 14.5 Å². The molecule has 7 nitrogen and oxygen atoms in total. The molecule has 12 heteroatoms. The molecule has 1 saturated heterocycles. The number of ether oxygens (including phenoxy) is 3. The van der Waals surface area contributed by atoms with Crippen LogP contribution in [0.15, 0.2) is 53.4 Å². The quantitative estimate of drug-likeness (QED) is 0.130. The van der Waals surface area contributed by atoms with Crippen LogP contribution in [0.25, 0.3) is 6.08 Å². The highest BCUT2D eigenvalue weighted by molar-refractivity contribution is 8.26. The maximum Gasteiger partial charge on any atom is 0.266 e. The minimum absolute atomic E-state index is 0.140. The topological polar surface area (TPSA) is 77.1 Å². The summed E-state index contributed by atoms with van der Waals surface area (Å²) in [6, 6.07) is 13.2. The van der Waals surface area contributed by atoms with Crippen molar-refractivity contribution in [3.05, 3.63) is 64.6 Å². The normalized spacial score (nSPS) is 15.8. The third-order valence-electron chi connectivity index (χ3n) is 4.95. The Balaban J connectivity index is 1.67. The number of thioether (sulfide) groups is 1. The number of amides is 2. The molecule has 0 aliphatic carbocycles. The van der Waals surface area contributed by atoms with Crippen molar-refractivity contribution < 1.29 is 23.8 Å². The van der Waals surface area contributed by atoms with Crippen LogP contribution >= 0.6 is 58.8 Å². The lowest BCUT2D eigenvalue weighted by Gasteiger charge is -2.26. The van der Waals surface area contributed by atoms with E-state index in [1.54, 1.807) is 66.6 Å². The smallest absolute Gasteiger partial charge is 0.266 e. The van der Waals surface area contributed by atoms with Crippen LogP contribution < -0.4 is 14.8 Å². The Kier molecular flexibility index (Phi) is 10.3. The third-order valence-corrected chi connectivity index (χ3v) is 6.92. The largest absolute Gasteiger partial charge is 0.497 e. The summed E-state index contributed by atoms with van der Waals surface area (Å²) in [7, 11) is 3.14. The van der Waals surface area contributed by atoms with Gasteiger partial charge in [-0.1, -0.05) is 70.9 Å². The molecule has 2 aromatic carbocycles. The highest BCUT2D eigenvalue weighted by Gasteiger charge is 2.36. The fraction of sp³-hybridized carbons (Fsp3) is 0.292. The van der Waals surface area contributed by atoms with E-state index >= 15 is 0 Å². The molecule has 3 rings (SSSR count). The maximum atomic E-state index is 12.7. The Morgan fingerprint density at radius 1 is 1.11 bits per heavy atom. The second kappa shape index (κ2) is 13.0. The van der Waals surface area contributed by atoms with Crippen molar-refractivity contribution in [3.8, 4) is 11.5 Å². The number of benzene rings is 2. The SMILES string of the molecule is COCCCN1C(=O)/C(=C/c2ccc(O[C@H](NC(=O)c3ccc(OC)cc3)C(Cl)(Cl)Cl)cc2)SC1=S. The highest BCUT2D eigenvalue weighted by Crippen LogP contribution is 2.34. The lowest BCUT2D eigenvalue weighted by atomic mass is 10.2. The van der Waals surface area contributed by atoms with Gasteiger partial charge in [0.1, 0.15) is 15.8 Å². The first-order valence-corrected chi connectivity index (χ1v) is 13.0. The first-order valence-electron chi connectivity index (χ1n) is 10.6. The van der Waals surface area contributed by atoms with E-state index < -0.39 is 15.9 Å². The number of nitrogens with zero attached hydrogens (tertiary/aromatic N) is 1. The van der Waals surface area contributed by atoms with Crippen LogP contribution in [0.3, 0.4) is 0 Å². The van der Waals surface area contributed by atoms with Crippen molar-refractivity contribution in [1.82, 2.24) is 10.2 Å². The molecule has 0 unspecified atom stereocenters. The van der Waals surface area contributed by atoms with Gasteiger partial charge in [-0.05, 0) is 54.5 Å². The van der Waals surface area contributed by atoms with Crippen LogP contribution in [-0.4, -0.2) is 58.4 Å². The molecular weight excluding hydrogens is 567 g/mol. The van der Waals surface area contributed by atoms with Crippen molar-refractivity contribution in [1.29, 1.82) is 0 Å². The summed E-state index contributed by atoms with van der Waals surface area (Å²) in [6.07, 6.45) is 1.17. The number of thiocarbonyl (C=S) groups is 1. The van der Waals surface area contributed by atoms with E-state index in [0.29, 0.717) is 45.9 Å². The van der Waals surface area contributed by atoms with Gasteiger partial charge < -0.3 is 19.5 Å². The number of methoxy groups -OCH3 is 2. The molecule has 2 aromatic rings. The van der Waals surface area contributed by atoms with Gasteiger partial charge in [0, 0.05) is 25.8 Å². The minimum Gasteiger partial charge on any atom is -0.497 e. The minimum atomic E-state index is -1.95. The number of hydrogen-bond donors (Lipinski definition) is 1. The zero-order chi connectivity index (χ0) is 26.3. The highest BCUT2D eigenvalue weighted by atomic mass is 35.6. The van der Waals surface area contributed by atoms with E-state index in [9.17, 15) is 9.59 Å². The number of nitrogens with one attached hydrogen (secondary N) is 1. The van der Waals surface area contributed by atoms with Gasteiger partial charge in [-0.25, -0.2) is 0 Å². The average Bonchev–Trinajstić information content (AvgIpc) is 3.11. The number of carbonyl (C=O) groups is 2. The molecular formula is C24H23Cl3N2O5S2. The molecule has 1 aliphatic rings. The Hall–Kier alpha value is -2.01. The summed E-state index contributed by atoms with van der Waals surface area (Å²) in [6.45, 7) is 1.05. The first kappa shape index (κ1) is 28.6. The molecule has 0 spiro atoms. The van der Waals surface area contributed by atoms with E-state index in [0.717, 1.165) is 5.56 Å². The Morgan fingerprint density at radius 2 is 1.75 bits per heavy atom. The van der Waals surface area contributed by atoms with E-state index in [1.807, 2.05) is 0 Å². The van der Waals surface area contributed by atoms with Crippen molar-refractivity contribution in [2.24, 2.45) is 0 Å². The lowest BCUT2D eigenvalue weighted by molar-refractivity contribution is -0.122. The molecule has 2 amide bonds. The predicted octanol–water partition coefficient (Wildman–Crippen LogP) is 5.44. The van der Waals surface area contributed by atoms with Crippen molar-refractivity contribution >= 4 is 81.0 Å². The van der Waals surface area contributed by atoms with Crippen LogP contribution in [0.2, 0.25) is 0 Å². The monoisotopic (exact) mass is 588 g/mol. The standard InChI is InChI=1S/C24H23Cl3N2O5S2/c1-32-13-3-12-29-21(31)19(36-23(29)35)14-15-4-8-18(9-5-15)34-22(24(25,26)27)28-20(30)16-6-10-17(33-2)11-7-16/h4-11,14,22H,3,12-13H2,1-2H3,(H,28,30)/b19-14-/t22-/m0/s1. The van der Waals surface area contributed by atoms with Gasteiger partial charge in [0.05, 0.1) is 12.0 Å². The Bertz CT molecular complexity index is 1120. The molecule has 0 bridgehead atoms. The molecule has 0 radical (unpaired) electrons. The molecule has 1 aliphatic heterocycles. The Labute approximate surface area is 234 Å². The van der Waals surface area contributed by atoms with E-state index in [4.69, 9.17) is 61.2 Å². The molecule has 192 valence electrons. The first-order chi connectivity index (χ1) is 17.1. The molecule has 1 fully saturated rings. The summed E-state index contributed by atoms with van der Waals surface area (Å²) in [5.41, 5.74) is 1.10. The molecule has 1 atom stereocenters. The van der Waals surface area contributed by atoms with Crippen LogP contribution in [0.4, 0.5) is 0 Å². The summed E-state index contributed by atoms with van der Waals surface area (Å²) in [5.74, 6) is 0.330. The van der Waals surface area contributed by atoms with Gasteiger partial charge in [-0.15, -0.1) is 0 Å². The molecule has 1 heterocycles. The number of hydrogen-bond acceptors (Lipinski definition) is 7. The van der Waals surface area contributed by atoms with Crippen molar-refractivity contribution in [2.45, 2.75) is 16.4 Å². The number of rotatable bonds is 10. The van der Waals surface area contributed by atoms with Gasteiger partial charge >= 0.3 is 0 Å². The zero-order valence-electron chi connectivity index (χ0n) is 19.3. The molecule has 0 saturated carbocycles. The fourth-order valence-corrected chi connectivity index (χ4v) is 4.72. The maximum absolute atomic E-state index is 12.7. The van der Waals surface area contributed by atoms with Gasteiger partial charge in [0.25, 0.3) is 11.8 Å². The van der Waals surface area contributed by atoms with Crippen LogP contribution in [-0.2, 0) is 9.53 Å². The van der Waals surface area contributed by atoms with Crippen LogP contribution in [0, 0.1) is 0 Å².